The van der Waals surface area contributed by atoms with Crippen LogP contribution in [0.5, 0.6) is 0 Å². The molecule has 116 valence electrons. The molecule has 1 aliphatic rings. The molecular weight excluding hydrogens is 271 g/mol. The first-order valence-electron chi connectivity index (χ1n) is 7.36. The number of carbonyl (C=O) groups excluding carboxylic acids is 1. The maximum absolute atomic E-state index is 13.2. The SMILES string of the molecule is COC(=O)CCN1CC(N)CC(Cc2cccc(F)c2)C1. The van der Waals surface area contributed by atoms with Crippen molar-refractivity contribution in [3.63, 3.8) is 0 Å². The van der Waals surface area contributed by atoms with E-state index in [0.29, 0.717) is 18.9 Å². The van der Waals surface area contributed by atoms with Crippen LogP contribution in [-0.4, -0.2) is 43.7 Å². The number of halogens is 1. The Morgan fingerprint density at radius 2 is 2.29 bits per heavy atom. The first-order valence-corrected chi connectivity index (χ1v) is 7.36. The number of esters is 1. The van der Waals surface area contributed by atoms with Crippen LogP contribution in [0.4, 0.5) is 4.39 Å². The number of likely N-dealkylation sites (tertiary alicyclic amines) is 1. The minimum atomic E-state index is -0.199. The van der Waals surface area contributed by atoms with Gasteiger partial charge in [-0.3, -0.25) is 4.79 Å². The molecule has 1 aromatic carbocycles. The van der Waals surface area contributed by atoms with E-state index in [-0.39, 0.29) is 17.8 Å². The van der Waals surface area contributed by atoms with Crippen molar-refractivity contribution >= 4 is 5.97 Å². The molecule has 0 bridgehead atoms. The van der Waals surface area contributed by atoms with Crippen LogP contribution in [0.1, 0.15) is 18.4 Å². The van der Waals surface area contributed by atoms with Crippen LogP contribution in [0.3, 0.4) is 0 Å². The summed E-state index contributed by atoms with van der Waals surface area (Å²) < 4.78 is 17.9. The van der Waals surface area contributed by atoms with Crippen LogP contribution in [0.25, 0.3) is 0 Å². The van der Waals surface area contributed by atoms with Crippen LogP contribution < -0.4 is 5.73 Å². The predicted molar refractivity (Wildman–Crippen MR) is 79.3 cm³/mol. The summed E-state index contributed by atoms with van der Waals surface area (Å²) >= 11 is 0. The molecule has 1 aromatic rings. The Balaban J connectivity index is 1.89. The quantitative estimate of drug-likeness (QED) is 0.838. The highest BCUT2D eigenvalue weighted by atomic mass is 19.1. The summed E-state index contributed by atoms with van der Waals surface area (Å²) in [5, 5.41) is 0. The molecule has 2 atom stereocenters. The van der Waals surface area contributed by atoms with Gasteiger partial charge in [0.25, 0.3) is 0 Å². The Morgan fingerprint density at radius 3 is 3.00 bits per heavy atom. The number of benzene rings is 1. The van der Waals surface area contributed by atoms with E-state index in [2.05, 4.69) is 9.64 Å². The number of piperidine rings is 1. The van der Waals surface area contributed by atoms with Gasteiger partial charge in [-0.25, -0.2) is 4.39 Å². The standard InChI is InChI=1S/C16H23FN2O2/c1-21-16(20)5-6-19-10-13(9-15(18)11-19)7-12-3-2-4-14(17)8-12/h2-4,8,13,15H,5-7,9-11,18H2,1H3. The fraction of sp³-hybridized carbons (Fsp3) is 0.562. The third-order valence-corrected chi connectivity index (χ3v) is 3.92. The van der Waals surface area contributed by atoms with E-state index < -0.39 is 0 Å². The van der Waals surface area contributed by atoms with E-state index in [1.54, 1.807) is 12.1 Å². The molecule has 2 unspecified atom stereocenters. The van der Waals surface area contributed by atoms with E-state index in [4.69, 9.17) is 5.73 Å². The number of rotatable bonds is 5. The summed E-state index contributed by atoms with van der Waals surface area (Å²) in [5.74, 6) is -0.000762. The Labute approximate surface area is 125 Å². The molecule has 0 spiro atoms. The molecule has 0 aromatic heterocycles. The van der Waals surface area contributed by atoms with Gasteiger partial charge in [-0.05, 0) is 36.5 Å². The summed E-state index contributed by atoms with van der Waals surface area (Å²) in [7, 11) is 1.40. The van der Waals surface area contributed by atoms with E-state index in [9.17, 15) is 9.18 Å². The van der Waals surface area contributed by atoms with Crippen molar-refractivity contribution in [2.45, 2.75) is 25.3 Å². The highest BCUT2D eigenvalue weighted by Gasteiger charge is 2.25. The van der Waals surface area contributed by atoms with Gasteiger partial charge in [0, 0.05) is 25.7 Å². The summed E-state index contributed by atoms with van der Waals surface area (Å²) in [5.41, 5.74) is 7.11. The van der Waals surface area contributed by atoms with Crippen molar-refractivity contribution < 1.29 is 13.9 Å². The lowest BCUT2D eigenvalue weighted by molar-refractivity contribution is -0.141. The Kier molecular flexibility index (Phi) is 5.70. The molecule has 0 radical (unpaired) electrons. The molecule has 2 N–H and O–H groups in total. The zero-order valence-corrected chi connectivity index (χ0v) is 12.4. The number of ether oxygens (including phenoxy) is 1. The number of carbonyl (C=O) groups is 1. The van der Waals surface area contributed by atoms with E-state index in [1.165, 1.54) is 13.2 Å². The van der Waals surface area contributed by atoms with E-state index in [1.807, 2.05) is 6.07 Å². The molecule has 0 aliphatic carbocycles. The van der Waals surface area contributed by atoms with Crippen LogP contribution in [0.2, 0.25) is 0 Å². The molecular formula is C16H23FN2O2. The average molecular weight is 294 g/mol. The van der Waals surface area contributed by atoms with Gasteiger partial charge in [0.2, 0.25) is 0 Å². The molecule has 21 heavy (non-hydrogen) atoms. The van der Waals surface area contributed by atoms with Gasteiger partial charge in [-0.1, -0.05) is 12.1 Å². The van der Waals surface area contributed by atoms with Gasteiger partial charge in [-0.15, -0.1) is 0 Å². The van der Waals surface area contributed by atoms with Gasteiger partial charge < -0.3 is 15.4 Å². The van der Waals surface area contributed by atoms with Crippen LogP contribution >= 0.6 is 0 Å². The topological polar surface area (TPSA) is 55.6 Å². The fourth-order valence-electron chi connectivity index (χ4n) is 3.03. The lowest BCUT2D eigenvalue weighted by Gasteiger charge is -2.36. The van der Waals surface area contributed by atoms with E-state index >= 15 is 0 Å². The molecule has 4 nitrogen and oxygen atoms in total. The lowest BCUT2D eigenvalue weighted by atomic mass is 9.89. The summed E-state index contributed by atoms with van der Waals surface area (Å²) in [6.45, 7) is 2.36. The first kappa shape index (κ1) is 15.9. The Bertz CT molecular complexity index is 481. The molecule has 1 aliphatic heterocycles. The van der Waals surface area contributed by atoms with Crippen molar-refractivity contribution in [2.24, 2.45) is 11.7 Å². The van der Waals surface area contributed by atoms with Gasteiger partial charge >= 0.3 is 5.97 Å². The summed E-state index contributed by atoms with van der Waals surface area (Å²) in [6, 6.07) is 6.83. The fourth-order valence-corrected chi connectivity index (χ4v) is 3.03. The number of hydrogen-bond donors (Lipinski definition) is 1. The van der Waals surface area contributed by atoms with Gasteiger partial charge in [0.15, 0.2) is 0 Å². The molecule has 5 heteroatoms. The maximum atomic E-state index is 13.2. The first-order chi connectivity index (χ1) is 10.1. The third kappa shape index (κ3) is 5.10. The average Bonchev–Trinajstić information content (AvgIpc) is 2.44. The molecule has 0 saturated carbocycles. The van der Waals surface area contributed by atoms with Crippen molar-refractivity contribution in [3.8, 4) is 0 Å². The number of hydrogen-bond acceptors (Lipinski definition) is 4. The van der Waals surface area contributed by atoms with Crippen LogP contribution in [-0.2, 0) is 16.0 Å². The second-order valence-electron chi connectivity index (χ2n) is 5.78. The molecule has 0 amide bonds. The molecule has 1 fully saturated rings. The van der Waals surface area contributed by atoms with Crippen molar-refractivity contribution in [2.75, 3.05) is 26.7 Å². The molecule has 1 saturated heterocycles. The number of nitrogens with zero attached hydrogens (tertiary/aromatic N) is 1. The van der Waals surface area contributed by atoms with Crippen molar-refractivity contribution in [3.05, 3.63) is 35.6 Å². The normalized spacial score (nSPS) is 23.0. The van der Waals surface area contributed by atoms with Gasteiger partial charge in [-0.2, -0.15) is 0 Å². The van der Waals surface area contributed by atoms with Crippen molar-refractivity contribution in [1.82, 2.24) is 4.90 Å². The molecule has 2 rings (SSSR count). The summed E-state index contributed by atoms with van der Waals surface area (Å²) in [4.78, 5) is 13.4. The van der Waals surface area contributed by atoms with Gasteiger partial charge in [0.05, 0.1) is 13.5 Å². The number of nitrogens with two attached hydrogens (primary N) is 1. The predicted octanol–water partition coefficient (Wildman–Crippen LogP) is 1.58. The maximum Gasteiger partial charge on any atom is 0.306 e. The summed E-state index contributed by atoms with van der Waals surface area (Å²) in [6.07, 6.45) is 2.14. The largest absolute Gasteiger partial charge is 0.469 e. The molecule has 1 heterocycles. The second kappa shape index (κ2) is 7.52. The lowest BCUT2D eigenvalue weighted by Crippen LogP contribution is -2.48. The van der Waals surface area contributed by atoms with Crippen LogP contribution in [0, 0.1) is 11.7 Å². The second-order valence-corrected chi connectivity index (χ2v) is 5.78. The highest BCUT2D eigenvalue weighted by molar-refractivity contribution is 5.69. The van der Waals surface area contributed by atoms with Crippen molar-refractivity contribution in [1.29, 1.82) is 0 Å². The monoisotopic (exact) mass is 294 g/mol. The third-order valence-electron chi connectivity index (χ3n) is 3.92. The van der Waals surface area contributed by atoms with Crippen LogP contribution in [0.15, 0.2) is 24.3 Å². The Morgan fingerprint density at radius 1 is 1.48 bits per heavy atom. The number of methoxy groups -OCH3 is 1. The Hall–Kier alpha value is -1.46. The minimum Gasteiger partial charge on any atom is -0.469 e. The van der Waals surface area contributed by atoms with E-state index in [0.717, 1.165) is 31.5 Å². The highest BCUT2D eigenvalue weighted by Crippen LogP contribution is 2.21. The zero-order valence-electron chi connectivity index (χ0n) is 12.4. The van der Waals surface area contributed by atoms with Gasteiger partial charge in [0.1, 0.15) is 5.82 Å². The zero-order chi connectivity index (χ0) is 15.2. The smallest absolute Gasteiger partial charge is 0.306 e. The minimum absolute atomic E-state index is 0.106.